The maximum absolute atomic E-state index is 13.0. The number of rotatable bonds is 8. The van der Waals surface area contributed by atoms with Gasteiger partial charge in [0.2, 0.25) is 5.91 Å². The van der Waals surface area contributed by atoms with E-state index < -0.39 is 0 Å². The van der Waals surface area contributed by atoms with Crippen molar-refractivity contribution < 1.29 is 4.79 Å². The smallest absolute Gasteiger partial charge is 0.237 e. The Morgan fingerprint density at radius 3 is 2.56 bits per heavy atom. The molecule has 0 saturated carbocycles. The molecule has 188 valence electrons. The molecule has 36 heavy (non-hydrogen) atoms. The van der Waals surface area contributed by atoms with Crippen LogP contribution in [-0.2, 0) is 24.4 Å². The molecule has 5 rings (SSSR count). The van der Waals surface area contributed by atoms with Crippen molar-refractivity contribution in [3.63, 3.8) is 0 Å². The van der Waals surface area contributed by atoms with E-state index in [0.29, 0.717) is 6.54 Å². The molecule has 2 atom stereocenters. The number of para-hydroxylation sites is 1. The number of likely N-dealkylation sites (tertiary alicyclic amines) is 1. The Kier molecular flexibility index (Phi) is 7.33. The molecule has 5 nitrogen and oxygen atoms in total. The molecular formula is C30H35ClN4O. The summed E-state index contributed by atoms with van der Waals surface area (Å²) >= 11 is 6.45. The van der Waals surface area contributed by atoms with Gasteiger partial charge in [-0.1, -0.05) is 54.1 Å². The van der Waals surface area contributed by atoms with Crippen LogP contribution in [0, 0.1) is 0 Å². The van der Waals surface area contributed by atoms with Crippen molar-refractivity contribution in [1.82, 2.24) is 20.1 Å². The summed E-state index contributed by atoms with van der Waals surface area (Å²) in [5, 5.41) is 10.2. The van der Waals surface area contributed by atoms with Crippen LogP contribution >= 0.6 is 11.6 Å². The minimum atomic E-state index is -0.175. The molecule has 0 radical (unpaired) electrons. The molecule has 2 N–H and O–H groups in total. The van der Waals surface area contributed by atoms with E-state index in [4.69, 9.17) is 11.6 Å². The number of carbonyl (C=O) groups excluding carboxylic acids is 1. The summed E-state index contributed by atoms with van der Waals surface area (Å²) < 4.78 is 2.38. The van der Waals surface area contributed by atoms with Gasteiger partial charge in [-0.2, -0.15) is 0 Å². The molecule has 4 aromatic rings. The minimum Gasteiger partial charge on any atom is -0.353 e. The third kappa shape index (κ3) is 5.01. The average Bonchev–Trinajstić information content (AvgIpc) is 3.42. The lowest BCUT2D eigenvalue weighted by Gasteiger charge is -2.24. The molecular weight excluding hydrogens is 468 g/mol. The van der Waals surface area contributed by atoms with Gasteiger partial charge in [0.25, 0.3) is 0 Å². The second-order valence-electron chi connectivity index (χ2n) is 10.1. The van der Waals surface area contributed by atoms with Gasteiger partial charge < -0.3 is 15.2 Å². The summed E-state index contributed by atoms with van der Waals surface area (Å²) in [7, 11) is 0. The predicted molar refractivity (Wildman–Crippen MR) is 149 cm³/mol. The predicted octanol–water partition coefficient (Wildman–Crippen LogP) is 5.73. The van der Waals surface area contributed by atoms with Crippen molar-refractivity contribution in [1.29, 1.82) is 0 Å². The zero-order valence-corrected chi connectivity index (χ0v) is 22.1. The van der Waals surface area contributed by atoms with Gasteiger partial charge in [-0.15, -0.1) is 0 Å². The molecule has 1 fully saturated rings. The largest absolute Gasteiger partial charge is 0.353 e. The zero-order valence-electron chi connectivity index (χ0n) is 21.3. The van der Waals surface area contributed by atoms with E-state index in [0.717, 1.165) is 36.6 Å². The van der Waals surface area contributed by atoms with E-state index in [1.54, 1.807) is 0 Å². The monoisotopic (exact) mass is 502 g/mol. The molecule has 1 aromatic heterocycles. The van der Waals surface area contributed by atoms with Crippen LogP contribution in [0.1, 0.15) is 38.3 Å². The summed E-state index contributed by atoms with van der Waals surface area (Å²) in [6.45, 7) is 9.39. The average molecular weight is 503 g/mol. The molecule has 1 saturated heterocycles. The first-order chi connectivity index (χ1) is 17.4. The topological polar surface area (TPSA) is 49.3 Å². The van der Waals surface area contributed by atoms with Crippen LogP contribution in [0.25, 0.3) is 21.8 Å². The van der Waals surface area contributed by atoms with Gasteiger partial charge in [-0.3, -0.25) is 9.69 Å². The molecule has 0 bridgehead atoms. The number of benzene rings is 3. The van der Waals surface area contributed by atoms with Crippen molar-refractivity contribution >= 4 is 39.3 Å². The second kappa shape index (κ2) is 10.6. The first-order valence-electron chi connectivity index (χ1n) is 13.0. The fourth-order valence-corrected chi connectivity index (χ4v) is 5.73. The van der Waals surface area contributed by atoms with Crippen molar-refractivity contribution in [2.45, 2.75) is 65.0 Å². The highest BCUT2D eigenvalue weighted by Gasteiger charge is 2.36. The summed E-state index contributed by atoms with van der Waals surface area (Å²) in [6, 6.07) is 23.5. The molecule has 3 aromatic carbocycles. The molecule has 0 unspecified atom stereocenters. The lowest BCUT2D eigenvalue weighted by Crippen LogP contribution is -2.45. The van der Waals surface area contributed by atoms with Gasteiger partial charge in [0.1, 0.15) is 0 Å². The Bertz CT molecular complexity index is 1380. The van der Waals surface area contributed by atoms with Crippen LogP contribution in [0.5, 0.6) is 0 Å². The van der Waals surface area contributed by atoms with Crippen molar-refractivity contribution in [2.75, 3.05) is 6.54 Å². The second-order valence-corrected chi connectivity index (χ2v) is 10.5. The van der Waals surface area contributed by atoms with E-state index in [1.807, 2.05) is 38.1 Å². The molecule has 1 aliphatic rings. The van der Waals surface area contributed by atoms with E-state index in [9.17, 15) is 4.79 Å². The highest BCUT2D eigenvalue weighted by atomic mass is 35.5. The number of hydrogen-bond donors (Lipinski definition) is 2. The SMILES string of the molecule is CCn1c2ccccc2c2cc(CN[C@H]3C[C@@H](C(=O)NC(C)C)N(Cc4ccccc4Cl)C3)ccc21. The number of carbonyl (C=O) groups is 1. The number of aryl methyl sites for hydroxylation is 1. The normalized spacial score (nSPS) is 18.5. The van der Waals surface area contributed by atoms with Crippen molar-refractivity contribution in [3.8, 4) is 0 Å². The van der Waals surface area contributed by atoms with E-state index >= 15 is 0 Å². The highest BCUT2D eigenvalue weighted by Crippen LogP contribution is 2.30. The van der Waals surface area contributed by atoms with Gasteiger partial charge in [0.05, 0.1) is 6.04 Å². The summed E-state index contributed by atoms with van der Waals surface area (Å²) in [5.41, 5.74) is 4.87. The standard InChI is InChI=1S/C30H35ClN4O/c1-4-35-27-12-8-6-10-24(27)25-15-21(13-14-28(25)35)17-32-23-16-29(30(36)33-20(2)3)34(19-23)18-22-9-5-7-11-26(22)31/h5-15,20,23,29,32H,4,16-19H2,1-3H3,(H,33,36)/t23-,29-/m0/s1. The zero-order chi connectivity index (χ0) is 25.2. The number of aromatic nitrogens is 1. The molecule has 2 heterocycles. The van der Waals surface area contributed by atoms with E-state index in [1.165, 1.54) is 27.4 Å². The number of nitrogens with zero attached hydrogens (tertiary/aromatic N) is 2. The fraction of sp³-hybridized carbons (Fsp3) is 0.367. The summed E-state index contributed by atoms with van der Waals surface area (Å²) in [5.74, 6) is 0.0927. The van der Waals surface area contributed by atoms with Crippen LogP contribution in [0.3, 0.4) is 0 Å². The van der Waals surface area contributed by atoms with Crippen molar-refractivity contribution in [2.24, 2.45) is 0 Å². The van der Waals surface area contributed by atoms with Crippen LogP contribution < -0.4 is 10.6 Å². The first kappa shape index (κ1) is 24.8. The molecule has 6 heteroatoms. The molecule has 1 amide bonds. The van der Waals surface area contributed by atoms with Crippen LogP contribution in [0.15, 0.2) is 66.7 Å². The van der Waals surface area contributed by atoms with Gasteiger partial charge >= 0.3 is 0 Å². The maximum Gasteiger partial charge on any atom is 0.237 e. The van der Waals surface area contributed by atoms with Gasteiger partial charge in [0.15, 0.2) is 0 Å². The summed E-state index contributed by atoms with van der Waals surface area (Å²) in [4.78, 5) is 15.3. The van der Waals surface area contributed by atoms with Gasteiger partial charge in [0, 0.05) is 65.1 Å². The Morgan fingerprint density at radius 2 is 1.78 bits per heavy atom. The van der Waals surface area contributed by atoms with E-state index in [-0.39, 0.29) is 24.0 Å². The number of hydrogen-bond acceptors (Lipinski definition) is 3. The number of amides is 1. The van der Waals surface area contributed by atoms with Crippen LogP contribution in [0.2, 0.25) is 5.02 Å². The number of halogens is 1. The lowest BCUT2D eigenvalue weighted by molar-refractivity contribution is -0.126. The van der Waals surface area contributed by atoms with E-state index in [2.05, 4.69) is 69.5 Å². The Hall–Kier alpha value is -2.86. The third-order valence-corrected chi connectivity index (χ3v) is 7.58. The first-order valence-corrected chi connectivity index (χ1v) is 13.3. The van der Waals surface area contributed by atoms with Gasteiger partial charge in [-0.05, 0) is 62.6 Å². The Morgan fingerprint density at radius 1 is 1.03 bits per heavy atom. The highest BCUT2D eigenvalue weighted by molar-refractivity contribution is 6.31. The molecule has 0 aliphatic carbocycles. The maximum atomic E-state index is 13.0. The van der Waals surface area contributed by atoms with Crippen molar-refractivity contribution in [3.05, 3.63) is 82.9 Å². The number of nitrogens with one attached hydrogen (secondary N) is 2. The minimum absolute atomic E-state index is 0.0927. The fourth-order valence-electron chi connectivity index (χ4n) is 5.54. The Balaban J connectivity index is 1.33. The summed E-state index contributed by atoms with van der Waals surface area (Å²) in [6.07, 6.45) is 0.778. The molecule has 0 spiro atoms. The van der Waals surface area contributed by atoms with Gasteiger partial charge in [-0.25, -0.2) is 0 Å². The van der Waals surface area contributed by atoms with Crippen LogP contribution in [-0.4, -0.2) is 40.0 Å². The lowest BCUT2D eigenvalue weighted by atomic mass is 10.1. The van der Waals surface area contributed by atoms with Crippen LogP contribution in [0.4, 0.5) is 0 Å². The molecule has 1 aliphatic heterocycles. The quantitative estimate of drug-likeness (QED) is 0.324. The third-order valence-electron chi connectivity index (χ3n) is 7.22. The number of fused-ring (bicyclic) bond motifs is 3. The Labute approximate surface area is 218 Å².